The van der Waals surface area contributed by atoms with Crippen LogP contribution in [0.1, 0.15) is 56.8 Å². The maximum Gasteiger partial charge on any atom is 0.168 e. The Morgan fingerprint density at radius 1 is 1.10 bits per heavy atom. The Kier molecular flexibility index (Phi) is 4.69. The molecule has 0 bridgehead atoms. The van der Waals surface area contributed by atoms with E-state index < -0.39 is 0 Å². The van der Waals surface area contributed by atoms with Crippen molar-refractivity contribution in [3.63, 3.8) is 0 Å². The quantitative estimate of drug-likeness (QED) is 0.729. The van der Waals surface area contributed by atoms with Crippen molar-refractivity contribution in [3.05, 3.63) is 23.8 Å². The van der Waals surface area contributed by atoms with E-state index in [4.69, 9.17) is 9.47 Å². The fraction of sp³-hybridized carbons (Fsp3) is 0.588. The van der Waals surface area contributed by atoms with Crippen LogP contribution in [0.5, 0.6) is 11.5 Å². The van der Waals surface area contributed by atoms with E-state index in [1.165, 1.54) is 0 Å². The summed E-state index contributed by atoms with van der Waals surface area (Å²) in [7, 11) is 0. The summed E-state index contributed by atoms with van der Waals surface area (Å²) in [4.78, 5) is 12.7. The molecule has 0 unspecified atom stereocenters. The first-order chi connectivity index (χ1) is 9.60. The van der Waals surface area contributed by atoms with Gasteiger partial charge in [-0.15, -0.1) is 0 Å². The SMILES string of the molecule is CCOc1ccc(C(=O)C2(C)CCCC2)cc1OCC. The van der Waals surface area contributed by atoms with E-state index >= 15 is 0 Å². The van der Waals surface area contributed by atoms with Gasteiger partial charge in [0, 0.05) is 11.0 Å². The molecule has 0 radical (unpaired) electrons. The maximum atomic E-state index is 12.7. The Hall–Kier alpha value is -1.51. The molecule has 2 rings (SSSR count). The second-order valence-electron chi connectivity index (χ2n) is 5.62. The number of ether oxygens (including phenoxy) is 2. The summed E-state index contributed by atoms with van der Waals surface area (Å²) in [6.45, 7) is 7.11. The standard InChI is InChI=1S/C17H24O3/c1-4-19-14-9-8-13(12-15(14)20-5-2)16(18)17(3)10-6-7-11-17/h8-9,12H,4-7,10-11H2,1-3H3. The van der Waals surface area contributed by atoms with Gasteiger partial charge in [0.1, 0.15) is 0 Å². The van der Waals surface area contributed by atoms with Gasteiger partial charge in [-0.2, -0.15) is 0 Å². The van der Waals surface area contributed by atoms with Crippen LogP contribution >= 0.6 is 0 Å². The molecule has 0 atom stereocenters. The number of carbonyl (C=O) groups is 1. The molecule has 0 N–H and O–H groups in total. The van der Waals surface area contributed by atoms with Crippen molar-refractivity contribution in [2.75, 3.05) is 13.2 Å². The predicted octanol–water partition coefficient (Wildman–Crippen LogP) is 4.25. The predicted molar refractivity (Wildman–Crippen MR) is 79.7 cm³/mol. The van der Waals surface area contributed by atoms with E-state index in [1.807, 2.05) is 32.0 Å². The molecule has 1 aromatic rings. The third kappa shape index (κ3) is 2.97. The van der Waals surface area contributed by atoms with E-state index in [0.717, 1.165) is 31.2 Å². The molecule has 3 nitrogen and oxygen atoms in total. The number of benzene rings is 1. The van der Waals surface area contributed by atoms with Crippen LogP contribution in [0.4, 0.5) is 0 Å². The van der Waals surface area contributed by atoms with Crippen molar-refractivity contribution < 1.29 is 14.3 Å². The summed E-state index contributed by atoms with van der Waals surface area (Å²) in [5.74, 6) is 1.61. The van der Waals surface area contributed by atoms with Gasteiger partial charge in [-0.3, -0.25) is 4.79 Å². The number of Topliss-reactive ketones (excluding diaryl/α,β-unsaturated/α-hetero) is 1. The van der Waals surface area contributed by atoms with Crippen LogP contribution in [0, 0.1) is 5.41 Å². The van der Waals surface area contributed by atoms with Crippen LogP contribution in [0.2, 0.25) is 0 Å². The Bertz CT molecular complexity index is 473. The molecule has 110 valence electrons. The minimum absolute atomic E-state index is 0.198. The molecule has 20 heavy (non-hydrogen) atoms. The highest BCUT2D eigenvalue weighted by atomic mass is 16.5. The molecule has 0 aromatic heterocycles. The molecule has 3 heteroatoms. The molecule has 1 aliphatic rings. The zero-order valence-corrected chi connectivity index (χ0v) is 12.7. The zero-order chi connectivity index (χ0) is 14.6. The zero-order valence-electron chi connectivity index (χ0n) is 12.7. The van der Waals surface area contributed by atoms with Gasteiger partial charge in [0.2, 0.25) is 0 Å². The number of hydrogen-bond acceptors (Lipinski definition) is 3. The van der Waals surface area contributed by atoms with Gasteiger partial charge in [-0.05, 0) is 44.9 Å². The second-order valence-corrected chi connectivity index (χ2v) is 5.62. The summed E-state index contributed by atoms with van der Waals surface area (Å²) in [5.41, 5.74) is 0.540. The smallest absolute Gasteiger partial charge is 0.168 e. The van der Waals surface area contributed by atoms with Gasteiger partial charge in [0.05, 0.1) is 13.2 Å². The molecule has 1 saturated carbocycles. The Balaban J connectivity index is 2.28. The normalized spacial score (nSPS) is 16.9. The first kappa shape index (κ1) is 14.9. The molecule has 1 aromatic carbocycles. The van der Waals surface area contributed by atoms with Crippen molar-refractivity contribution in [1.82, 2.24) is 0 Å². The fourth-order valence-corrected chi connectivity index (χ4v) is 2.92. The number of rotatable bonds is 6. The molecule has 0 amide bonds. The molecule has 0 aliphatic heterocycles. The highest BCUT2D eigenvalue weighted by molar-refractivity contribution is 6.01. The van der Waals surface area contributed by atoms with Crippen LogP contribution in [0.25, 0.3) is 0 Å². The minimum atomic E-state index is -0.198. The van der Waals surface area contributed by atoms with Crippen molar-refractivity contribution in [2.24, 2.45) is 5.41 Å². The third-order valence-corrected chi connectivity index (χ3v) is 4.06. The number of carbonyl (C=O) groups excluding carboxylic acids is 1. The van der Waals surface area contributed by atoms with E-state index in [1.54, 1.807) is 0 Å². The summed E-state index contributed by atoms with van der Waals surface area (Å²) in [6.07, 6.45) is 4.28. The van der Waals surface area contributed by atoms with E-state index in [0.29, 0.717) is 24.7 Å². The Morgan fingerprint density at radius 3 is 2.30 bits per heavy atom. The molecular weight excluding hydrogens is 252 g/mol. The van der Waals surface area contributed by atoms with Crippen LogP contribution in [-0.2, 0) is 0 Å². The van der Waals surface area contributed by atoms with E-state index in [2.05, 4.69) is 6.92 Å². The first-order valence-corrected chi connectivity index (χ1v) is 7.55. The van der Waals surface area contributed by atoms with Crippen LogP contribution in [0.15, 0.2) is 18.2 Å². The van der Waals surface area contributed by atoms with E-state index in [9.17, 15) is 4.79 Å². The molecule has 0 spiro atoms. The van der Waals surface area contributed by atoms with Gasteiger partial charge in [0.25, 0.3) is 0 Å². The third-order valence-electron chi connectivity index (χ3n) is 4.06. The topological polar surface area (TPSA) is 35.5 Å². The average Bonchev–Trinajstić information content (AvgIpc) is 2.89. The second kappa shape index (κ2) is 6.29. The summed E-state index contributed by atoms with van der Waals surface area (Å²) in [5, 5.41) is 0. The largest absolute Gasteiger partial charge is 0.490 e. The first-order valence-electron chi connectivity index (χ1n) is 7.55. The van der Waals surface area contributed by atoms with Crippen molar-refractivity contribution in [3.8, 4) is 11.5 Å². The van der Waals surface area contributed by atoms with Gasteiger partial charge < -0.3 is 9.47 Å². The molecular formula is C17H24O3. The van der Waals surface area contributed by atoms with Crippen molar-refractivity contribution in [2.45, 2.75) is 46.5 Å². The summed E-state index contributed by atoms with van der Waals surface area (Å²) >= 11 is 0. The van der Waals surface area contributed by atoms with Crippen LogP contribution < -0.4 is 9.47 Å². The van der Waals surface area contributed by atoms with Crippen LogP contribution in [-0.4, -0.2) is 19.0 Å². The lowest BCUT2D eigenvalue weighted by atomic mass is 9.81. The Labute approximate surface area is 121 Å². The van der Waals surface area contributed by atoms with Gasteiger partial charge >= 0.3 is 0 Å². The average molecular weight is 276 g/mol. The monoisotopic (exact) mass is 276 g/mol. The van der Waals surface area contributed by atoms with E-state index in [-0.39, 0.29) is 11.2 Å². The van der Waals surface area contributed by atoms with Crippen molar-refractivity contribution >= 4 is 5.78 Å². The minimum Gasteiger partial charge on any atom is -0.490 e. The van der Waals surface area contributed by atoms with Crippen molar-refractivity contribution in [1.29, 1.82) is 0 Å². The lowest BCUT2D eigenvalue weighted by molar-refractivity contribution is 0.0823. The number of hydrogen-bond donors (Lipinski definition) is 0. The molecule has 0 saturated heterocycles. The van der Waals surface area contributed by atoms with Gasteiger partial charge in [0.15, 0.2) is 17.3 Å². The summed E-state index contributed by atoms with van der Waals surface area (Å²) < 4.78 is 11.1. The lowest BCUT2D eigenvalue weighted by Gasteiger charge is -2.22. The molecule has 1 aliphatic carbocycles. The highest BCUT2D eigenvalue weighted by Gasteiger charge is 2.36. The maximum absolute atomic E-state index is 12.7. The van der Waals surface area contributed by atoms with Gasteiger partial charge in [-0.1, -0.05) is 19.8 Å². The molecule has 0 heterocycles. The highest BCUT2D eigenvalue weighted by Crippen LogP contribution is 2.41. The Morgan fingerprint density at radius 2 is 1.70 bits per heavy atom. The van der Waals surface area contributed by atoms with Crippen LogP contribution in [0.3, 0.4) is 0 Å². The summed E-state index contributed by atoms with van der Waals surface area (Å²) in [6, 6.07) is 5.54. The molecule has 1 fully saturated rings. The lowest BCUT2D eigenvalue weighted by Crippen LogP contribution is -2.24. The fourth-order valence-electron chi connectivity index (χ4n) is 2.92. The van der Waals surface area contributed by atoms with Gasteiger partial charge in [-0.25, -0.2) is 0 Å². The number of ketones is 1.